The van der Waals surface area contributed by atoms with Crippen LogP contribution in [0.15, 0.2) is 0 Å². The molecule has 5 nitrogen and oxygen atoms in total. The van der Waals surface area contributed by atoms with Gasteiger partial charge in [0.15, 0.2) is 0 Å². The van der Waals surface area contributed by atoms with Crippen molar-refractivity contribution in [2.75, 3.05) is 20.3 Å². The fraction of sp³-hybridized carbons (Fsp3) is 0.846. The highest BCUT2D eigenvalue weighted by atomic mass is 16.5. The molecule has 0 bridgehead atoms. The van der Waals surface area contributed by atoms with Gasteiger partial charge in [0.2, 0.25) is 0 Å². The number of unbranched alkanes of at least 4 members (excludes halogenated alkanes) is 2. The van der Waals surface area contributed by atoms with E-state index in [0.29, 0.717) is 5.92 Å². The molecule has 0 aliphatic carbocycles. The van der Waals surface area contributed by atoms with Crippen LogP contribution in [-0.4, -0.2) is 35.3 Å². The third-order valence-electron chi connectivity index (χ3n) is 3.48. The van der Waals surface area contributed by atoms with Crippen LogP contribution in [0.1, 0.15) is 49.9 Å². The van der Waals surface area contributed by atoms with E-state index in [0.717, 1.165) is 38.4 Å². The van der Waals surface area contributed by atoms with Crippen LogP contribution in [0.25, 0.3) is 0 Å². The van der Waals surface area contributed by atoms with Gasteiger partial charge in [-0.25, -0.2) is 4.68 Å². The summed E-state index contributed by atoms with van der Waals surface area (Å²) in [6.45, 7) is 5.68. The van der Waals surface area contributed by atoms with Gasteiger partial charge in [-0.3, -0.25) is 0 Å². The molecule has 1 aliphatic rings. The monoisotopic (exact) mass is 252 g/mol. The minimum atomic E-state index is 0.477. The van der Waals surface area contributed by atoms with Crippen LogP contribution in [-0.2, 0) is 17.8 Å². The van der Waals surface area contributed by atoms with Crippen molar-refractivity contribution in [3.8, 4) is 0 Å². The normalized spacial score (nSPS) is 19.6. The van der Waals surface area contributed by atoms with Crippen molar-refractivity contribution >= 4 is 0 Å². The topological polar surface area (TPSA) is 52.0 Å². The summed E-state index contributed by atoms with van der Waals surface area (Å²) in [6, 6.07) is 0. The third-order valence-corrected chi connectivity index (χ3v) is 3.48. The van der Waals surface area contributed by atoms with Gasteiger partial charge in [-0.05, 0) is 19.9 Å². The van der Waals surface area contributed by atoms with Gasteiger partial charge in [-0.1, -0.05) is 25.0 Å². The van der Waals surface area contributed by atoms with Crippen molar-refractivity contribution in [1.82, 2.24) is 20.3 Å². The highest BCUT2D eigenvalue weighted by Gasteiger charge is 2.25. The molecule has 0 spiro atoms. The van der Waals surface area contributed by atoms with Gasteiger partial charge in [0.1, 0.15) is 5.69 Å². The third kappa shape index (κ3) is 3.09. The molecule has 1 aromatic rings. The van der Waals surface area contributed by atoms with Gasteiger partial charge in [0, 0.05) is 25.6 Å². The van der Waals surface area contributed by atoms with Gasteiger partial charge < -0.3 is 10.1 Å². The molecule has 2 rings (SSSR count). The molecule has 1 N–H and O–H groups in total. The number of aromatic nitrogens is 3. The molecule has 5 heteroatoms. The Morgan fingerprint density at radius 1 is 1.44 bits per heavy atom. The largest absolute Gasteiger partial charge is 0.381 e. The first-order valence-electron chi connectivity index (χ1n) is 7.01. The summed E-state index contributed by atoms with van der Waals surface area (Å²) in [5, 5.41) is 11.8. The summed E-state index contributed by atoms with van der Waals surface area (Å²) in [4.78, 5) is 0. The molecule has 1 unspecified atom stereocenters. The van der Waals surface area contributed by atoms with E-state index in [-0.39, 0.29) is 0 Å². The average Bonchev–Trinajstić information content (AvgIpc) is 2.99. The molecule has 102 valence electrons. The SMILES string of the molecule is CCCCCn1nnc(CNC)c1C1CCOC1. The molecule has 0 saturated carbocycles. The van der Waals surface area contributed by atoms with E-state index in [1.165, 1.54) is 25.0 Å². The summed E-state index contributed by atoms with van der Waals surface area (Å²) in [5.74, 6) is 0.477. The fourth-order valence-corrected chi connectivity index (χ4v) is 2.52. The summed E-state index contributed by atoms with van der Waals surface area (Å²) in [6.07, 6.45) is 4.76. The van der Waals surface area contributed by atoms with E-state index >= 15 is 0 Å². The Morgan fingerprint density at radius 3 is 3.00 bits per heavy atom. The second-order valence-corrected chi connectivity index (χ2v) is 4.94. The smallest absolute Gasteiger partial charge is 0.100 e. The molecule has 1 aliphatic heterocycles. The summed E-state index contributed by atoms with van der Waals surface area (Å²) >= 11 is 0. The molecule has 1 aromatic heterocycles. The van der Waals surface area contributed by atoms with Crippen molar-refractivity contribution in [1.29, 1.82) is 0 Å². The van der Waals surface area contributed by atoms with E-state index in [9.17, 15) is 0 Å². The predicted octanol–water partition coefficient (Wildman–Crippen LogP) is 1.69. The predicted molar refractivity (Wildman–Crippen MR) is 70.5 cm³/mol. The Hall–Kier alpha value is -0.940. The zero-order chi connectivity index (χ0) is 12.8. The number of nitrogens with one attached hydrogen (secondary N) is 1. The molecule has 1 fully saturated rings. The van der Waals surface area contributed by atoms with Crippen LogP contribution >= 0.6 is 0 Å². The zero-order valence-electron chi connectivity index (χ0n) is 11.5. The molecule has 0 radical (unpaired) electrons. The van der Waals surface area contributed by atoms with E-state index in [4.69, 9.17) is 4.74 Å². The lowest BCUT2D eigenvalue weighted by Gasteiger charge is -2.12. The van der Waals surface area contributed by atoms with Crippen molar-refractivity contribution < 1.29 is 4.74 Å². The highest BCUT2D eigenvalue weighted by molar-refractivity contribution is 5.17. The Labute approximate surface area is 109 Å². The van der Waals surface area contributed by atoms with Crippen LogP contribution in [0, 0.1) is 0 Å². The van der Waals surface area contributed by atoms with Crippen molar-refractivity contribution in [2.24, 2.45) is 0 Å². The number of hydrogen-bond acceptors (Lipinski definition) is 4. The van der Waals surface area contributed by atoms with E-state index in [1.54, 1.807) is 0 Å². The van der Waals surface area contributed by atoms with Gasteiger partial charge in [-0.2, -0.15) is 0 Å². The highest BCUT2D eigenvalue weighted by Crippen LogP contribution is 2.27. The van der Waals surface area contributed by atoms with Gasteiger partial charge in [0.05, 0.1) is 12.3 Å². The quantitative estimate of drug-likeness (QED) is 0.750. The Balaban J connectivity index is 2.11. The Morgan fingerprint density at radius 2 is 2.33 bits per heavy atom. The molecule has 0 aromatic carbocycles. The summed E-state index contributed by atoms with van der Waals surface area (Å²) in [5.41, 5.74) is 2.38. The van der Waals surface area contributed by atoms with Crippen LogP contribution < -0.4 is 5.32 Å². The van der Waals surface area contributed by atoms with Gasteiger partial charge in [-0.15, -0.1) is 5.10 Å². The molecule has 0 amide bonds. The summed E-state index contributed by atoms with van der Waals surface area (Å²) < 4.78 is 7.60. The molecule has 18 heavy (non-hydrogen) atoms. The van der Waals surface area contributed by atoms with Crippen molar-refractivity contribution in [2.45, 2.75) is 51.6 Å². The zero-order valence-corrected chi connectivity index (χ0v) is 11.5. The minimum Gasteiger partial charge on any atom is -0.381 e. The standard InChI is InChI=1S/C13H24N4O/c1-3-4-5-7-17-13(11-6-8-18-10-11)12(9-14-2)15-16-17/h11,14H,3-10H2,1-2H3. The number of ether oxygens (including phenoxy) is 1. The summed E-state index contributed by atoms with van der Waals surface area (Å²) in [7, 11) is 1.95. The lowest BCUT2D eigenvalue weighted by atomic mass is 10.0. The molecular formula is C13H24N4O. The maximum absolute atomic E-state index is 5.51. The molecular weight excluding hydrogens is 228 g/mol. The lowest BCUT2D eigenvalue weighted by Crippen LogP contribution is -2.14. The first kappa shape index (κ1) is 13.5. The van der Waals surface area contributed by atoms with Crippen molar-refractivity contribution in [3.05, 3.63) is 11.4 Å². The first-order valence-corrected chi connectivity index (χ1v) is 7.01. The Kier molecular flexibility index (Phi) is 5.13. The number of hydrogen-bond donors (Lipinski definition) is 1. The second kappa shape index (κ2) is 6.85. The van der Waals surface area contributed by atoms with E-state index in [1.807, 2.05) is 7.05 Å². The van der Waals surface area contributed by atoms with Crippen LogP contribution in [0.2, 0.25) is 0 Å². The first-order chi connectivity index (χ1) is 8.86. The van der Waals surface area contributed by atoms with E-state index in [2.05, 4.69) is 27.2 Å². The van der Waals surface area contributed by atoms with Crippen molar-refractivity contribution in [3.63, 3.8) is 0 Å². The van der Waals surface area contributed by atoms with Gasteiger partial charge in [0.25, 0.3) is 0 Å². The number of nitrogens with zero attached hydrogens (tertiary/aromatic N) is 3. The maximum atomic E-state index is 5.51. The average molecular weight is 252 g/mol. The molecule has 2 heterocycles. The maximum Gasteiger partial charge on any atom is 0.100 e. The van der Waals surface area contributed by atoms with Crippen LogP contribution in [0.3, 0.4) is 0 Å². The number of rotatable bonds is 7. The fourth-order valence-electron chi connectivity index (χ4n) is 2.52. The van der Waals surface area contributed by atoms with Crippen LogP contribution in [0.5, 0.6) is 0 Å². The Bertz CT molecular complexity index is 358. The minimum absolute atomic E-state index is 0.477. The van der Waals surface area contributed by atoms with Gasteiger partial charge >= 0.3 is 0 Å². The lowest BCUT2D eigenvalue weighted by molar-refractivity contribution is 0.193. The molecule has 1 atom stereocenters. The molecule has 1 saturated heterocycles. The second-order valence-electron chi connectivity index (χ2n) is 4.94. The number of aryl methyl sites for hydroxylation is 1. The van der Waals surface area contributed by atoms with E-state index < -0.39 is 0 Å². The van der Waals surface area contributed by atoms with Crippen LogP contribution in [0.4, 0.5) is 0 Å².